The largest absolute Gasteiger partial charge is 0.466 e. The van der Waals surface area contributed by atoms with E-state index in [1.54, 1.807) is 32.0 Å². The molecule has 1 aromatic carbocycles. The molecule has 6 heteroatoms. The van der Waals surface area contributed by atoms with Crippen molar-refractivity contribution in [1.29, 1.82) is 0 Å². The van der Waals surface area contributed by atoms with Crippen LogP contribution in [0.4, 0.5) is 0 Å². The molecule has 0 aliphatic heterocycles. The average molecular weight is 297 g/mol. The fourth-order valence-corrected chi connectivity index (χ4v) is 2.42. The molecule has 112 valence electrons. The summed E-state index contributed by atoms with van der Waals surface area (Å²) >= 11 is 0. The predicted octanol–water partition coefficient (Wildman–Crippen LogP) is 2.06. The zero-order valence-corrected chi connectivity index (χ0v) is 12.3. The van der Waals surface area contributed by atoms with Gasteiger partial charge in [-0.25, -0.2) is 5.10 Å². The van der Waals surface area contributed by atoms with Crippen LogP contribution >= 0.6 is 0 Å². The quantitative estimate of drug-likeness (QED) is 0.774. The summed E-state index contributed by atoms with van der Waals surface area (Å²) in [6.45, 7) is 3.76. The Kier molecular flexibility index (Phi) is 3.50. The SMILES string of the molecule is Cc1cc(C(=O)NCc2n[nH]c(=O)c3ccccc23)c(C)o1. The molecule has 22 heavy (non-hydrogen) atoms. The van der Waals surface area contributed by atoms with Gasteiger partial charge in [-0.05, 0) is 26.0 Å². The predicted molar refractivity (Wildman–Crippen MR) is 81.7 cm³/mol. The van der Waals surface area contributed by atoms with Gasteiger partial charge >= 0.3 is 0 Å². The Labute approximate surface area is 126 Å². The zero-order valence-electron chi connectivity index (χ0n) is 12.3. The summed E-state index contributed by atoms with van der Waals surface area (Å²) in [5, 5.41) is 10.5. The summed E-state index contributed by atoms with van der Waals surface area (Å²) in [5.74, 6) is 1.04. The first-order valence-corrected chi connectivity index (χ1v) is 6.88. The summed E-state index contributed by atoms with van der Waals surface area (Å²) in [6.07, 6.45) is 0. The van der Waals surface area contributed by atoms with Gasteiger partial charge in [-0.15, -0.1) is 0 Å². The number of hydrogen-bond acceptors (Lipinski definition) is 4. The van der Waals surface area contributed by atoms with Crippen LogP contribution in [0.15, 0.2) is 39.5 Å². The Morgan fingerprint density at radius 2 is 2.00 bits per heavy atom. The summed E-state index contributed by atoms with van der Waals surface area (Å²) in [4.78, 5) is 23.9. The number of carbonyl (C=O) groups is 1. The molecule has 2 aromatic heterocycles. The van der Waals surface area contributed by atoms with Gasteiger partial charge in [-0.3, -0.25) is 9.59 Å². The van der Waals surface area contributed by atoms with Crippen molar-refractivity contribution in [3.8, 4) is 0 Å². The van der Waals surface area contributed by atoms with Gasteiger partial charge in [-0.1, -0.05) is 18.2 Å². The van der Waals surface area contributed by atoms with Gasteiger partial charge in [0.2, 0.25) is 0 Å². The van der Waals surface area contributed by atoms with Gasteiger partial charge in [0.25, 0.3) is 11.5 Å². The number of hydrogen-bond donors (Lipinski definition) is 2. The maximum absolute atomic E-state index is 12.2. The van der Waals surface area contributed by atoms with Crippen molar-refractivity contribution in [2.24, 2.45) is 0 Å². The summed E-state index contributed by atoms with van der Waals surface area (Å²) < 4.78 is 5.35. The molecule has 2 heterocycles. The molecule has 0 aliphatic carbocycles. The zero-order chi connectivity index (χ0) is 15.7. The Morgan fingerprint density at radius 1 is 1.27 bits per heavy atom. The van der Waals surface area contributed by atoms with E-state index in [-0.39, 0.29) is 18.0 Å². The van der Waals surface area contributed by atoms with E-state index in [4.69, 9.17) is 4.42 Å². The van der Waals surface area contributed by atoms with E-state index in [1.165, 1.54) is 0 Å². The van der Waals surface area contributed by atoms with Crippen molar-refractivity contribution in [3.63, 3.8) is 0 Å². The van der Waals surface area contributed by atoms with Gasteiger partial charge in [-0.2, -0.15) is 5.10 Å². The molecule has 2 N–H and O–H groups in total. The number of furan rings is 1. The molecule has 0 bridgehead atoms. The molecule has 0 saturated carbocycles. The number of aromatic amines is 1. The van der Waals surface area contributed by atoms with E-state index < -0.39 is 0 Å². The number of aromatic nitrogens is 2. The van der Waals surface area contributed by atoms with Crippen LogP contribution in [-0.2, 0) is 6.54 Å². The van der Waals surface area contributed by atoms with Gasteiger partial charge in [0.05, 0.1) is 23.2 Å². The molecule has 0 saturated heterocycles. The standard InChI is InChI=1S/C16H15N3O3/c1-9-7-13(10(2)22-9)15(20)17-8-14-11-5-3-4-6-12(11)16(21)19-18-14/h3-7H,8H2,1-2H3,(H,17,20)(H,19,21). The number of fused-ring (bicyclic) bond motifs is 1. The number of carbonyl (C=O) groups excluding carboxylic acids is 1. The maximum atomic E-state index is 12.2. The second-order valence-corrected chi connectivity index (χ2v) is 5.05. The van der Waals surface area contributed by atoms with E-state index in [0.29, 0.717) is 28.2 Å². The molecule has 0 spiro atoms. The third-order valence-electron chi connectivity index (χ3n) is 3.48. The Morgan fingerprint density at radius 3 is 2.68 bits per heavy atom. The second kappa shape index (κ2) is 5.48. The van der Waals surface area contributed by atoms with Crippen LogP contribution in [0.1, 0.15) is 27.6 Å². The lowest BCUT2D eigenvalue weighted by Gasteiger charge is -2.06. The van der Waals surface area contributed by atoms with Crippen LogP contribution in [0, 0.1) is 13.8 Å². The van der Waals surface area contributed by atoms with E-state index >= 15 is 0 Å². The van der Waals surface area contributed by atoms with Gasteiger partial charge in [0.1, 0.15) is 11.5 Å². The highest BCUT2D eigenvalue weighted by atomic mass is 16.3. The lowest BCUT2D eigenvalue weighted by Crippen LogP contribution is -2.24. The van der Waals surface area contributed by atoms with Crippen LogP contribution in [0.5, 0.6) is 0 Å². The normalized spacial score (nSPS) is 10.8. The molecule has 1 amide bonds. The second-order valence-electron chi connectivity index (χ2n) is 5.05. The molecular formula is C16H15N3O3. The Balaban J connectivity index is 1.86. The van der Waals surface area contributed by atoms with Gasteiger partial charge < -0.3 is 9.73 Å². The van der Waals surface area contributed by atoms with Crippen molar-refractivity contribution in [3.05, 3.63) is 63.5 Å². The molecule has 0 radical (unpaired) electrons. The van der Waals surface area contributed by atoms with Crippen LogP contribution in [0.25, 0.3) is 10.8 Å². The minimum absolute atomic E-state index is 0.222. The summed E-state index contributed by atoms with van der Waals surface area (Å²) in [5.41, 5.74) is 0.875. The van der Waals surface area contributed by atoms with Crippen molar-refractivity contribution in [2.45, 2.75) is 20.4 Å². The average Bonchev–Trinajstić information content (AvgIpc) is 2.85. The van der Waals surface area contributed by atoms with Crippen molar-refractivity contribution in [1.82, 2.24) is 15.5 Å². The smallest absolute Gasteiger partial charge is 0.272 e. The molecule has 0 unspecified atom stereocenters. The number of aryl methyl sites for hydroxylation is 2. The molecule has 3 rings (SSSR count). The number of H-pyrrole nitrogens is 1. The highest BCUT2D eigenvalue weighted by Crippen LogP contribution is 2.15. The van der Waals surface area contributed by atoms with Crippen molar-refractivity contribution < 1.29 is 9.21 Å². The Hall–Kier alpha value is -2.89. The van der Waals surface area contributed by atoms with Crippen LogP contribution in [0.2, 0.25) is 0 Å². The van der Waals surface area contributed by atoms with Gasteiger partial charge in [0.15, 0.2) is 0 Å². The fraction of sp³-hybridized carbons (Fsp3) is 0.188. The number of nitrogens with one attached hydrogen (secondary N) is 2. The van der Waals surface area contributed by atoms with E-state index in [9.17, 15) is 9.59 Å². The third-order valence-corrected chi connectivity index (χ3v) is 3.48. The lowest BCUT2D eigenvalue weighted by molar-refractivity contribution is 0.0949. The highest BCUT2D eigenvalue weighted by molar-refractivity contribution is 5.95. The first-order valence-electron chi connectivity index (χ1n) is 6.88. The van der Waals surface area contributed by atoms with E-state index in [2.05, 4.69) is 15.5 Å². The highest BCUT2D eigenvalue weighted by Gasteiger charge is 2.14. The number of benzene rings is 1. The topological polar surface area (TPSA) is 88.0 Å². The van der Waals surface area contributed by atoms with Gasteiger partial charge in [0, 0.05) is 5.39 Å². The number of rotatable bonds is 3. The minimum Gasteiger partial charge on any atom is -0.466 e. The molecule has 6 nitrogen and oxygen atoms in total. The molecule has 0 fully saturated rings. The first kappa shape index (κ1) is 14.1. The lowest BCUT2D eigenvalue weighted by atomic mass is 10.1. The van der Waals surface area contributed by atoms with E-state index in [1.807, 2.05) is 12.1 Å². The van der Waals surface area contributed by atoms with Crippen molar-refractivity contribution >= 4 is 16.7 Å². The van der Waals surface area contributed by atoms with Crippen molar-refractivity contribution in [2.75, 3.05) is 0 Å². The number of amides is 1. The van der Waals surface area contributed by atoms with Crippen LogP contribution < -0.4 is 10.9 Å². The molecule has 0 atom stereocenters. The Bertz CT molecular complexity index is 908. The fourth-order valence-electron chi connectivity index (χ4n) is 2.42. The summed E-state index contributed by atoms with van der Waals surface area (Å²) in [7, 11) is 0. The third kappa shape index (κ3) is 2.50. The molecular weight excluding hydrogens is 282 g/mol. The van der Waals surface area contributed by atoms with Crippen LogP contribution in [0.3, 0.4) is 0 Å². The summed E-state index contributed by atoms with van der Waals surface area (Å²) in [6, 6.07) is 8.86. The molecule has 3 aromatic rings. The number of nitrogens with zero attached hydrogens (tertiary/aromatic N) is 1. The van der Waals surface area contributed by atoms with E-state index in [0.717, 1.165) is 5.39 Å². The maximum Gasteiger partial charge on any atom is 0.272 e. The van der Waals surface area contributed by atoms with Crippen LogP contribution in [-0.4, -0.2) is 16.1 Å². The monoisotopic (exact) mass is 297 g/mol. The molecule has 0 aliphatic rings. The minimum atomic E-state index is -0.244. The first-order chi connectivity index (χ1) is 10.6.